The number of halogens is 5. The molecule has 0 aromatic heterocycles. The van der Waals surface area contributed by atoms with Crippen LogP contribution in [0.3, 0.4) is 0 Å². The highest BCUT2D eigenvalue weighted by molar-refractivity contribution is 8.48. The molecule has 1 N–H and O–H groups in total. The molecule has 18 heavy (non-hydrogen) atoms. The summed E-state index contributed by atoms with van der Waals surface area (Å²) in [4.78, 5) is 1.28. The Morgan fingerprint density at radius 2 is 1.72 bits per heavy atom. The molecule has 0 heterocycles. The highest BCUT2D eigenvalue weighted by Crippen LogP contribution is 2.67. The topological polar surface area (TPSA) is 38.3 Å². The van der Waals surface area contributed by atoms with E-state index in [1.54, 1.807) is 0 Å². The first-order valence-corrected chi connectivity index (χ1v) is 10.5. The van der Waals surface area contributed by atoms with E-state index in [9.17, 15) is 24.6 Å². The van der Waals surface area contributed by atoms with Crippen molar-refractivity contribution in [3.8, 4) is 0 Å². The van der Waals surface area contributed by atoms with Crippen LogP contribution in [0.5, 0.6) is 0 Å². The quantitative estimate of drug-likeness (QED) is 0.483. The normalized spacial score (nSPS) is 18.6. The molecule has 0 aliphatic heterocycles. The lowest BCUT2D eigenvalue weighted by molar-refractivity contribution is 0.00885. The third-order valence-corrected chi connectivity index (χ3v) is 10.2. The molecule has 1 aromatic rings. The van der Waals surface area contributed by atoms with Gasteiger partial charge in [-0.1, -0.05) is 30.3 Å². The first kappa shape index (κ1) is 16.1. The molecule has 0 radical (unpaired) electrons. The minimum Gasteiger partial charge on any atom is -0.137 e. The molecule has 104 valence electrons. The van der Waals surface area contributed by atoms with Gasteiger partial charge in [0.2, 0.25) is 0 Å². The average Bonchev–Trinajstić information content (AvgIpc) is 2.24. The molecule has 0 spiro atoms. The maximum absolute atomic E-state index is 13.0. The van der Waals surface area contributed by atoms with Crippen LogP contribution in [0.1, 0.15) is 0 Å². The zero-order valence-electron chi connectivity index (χ0n) is 8.34. The first-order valence-electron chi connectivity index (χ1n) is 4.10. The summed E-state index contributed by atoms with van der Waals surface area (Å²) in [5, 5.41) is -0.790. The molecule has 0 aliphatic carbocycles. The number of nitrogens with one attached hydrogen (secondary N) is 1. The lowest BCUT2D eigenvalue weighted by Crippen LogP contribution is -2.23. The summed E-state index contributed by atoms with van der Waals surface area (Å²) in [6.45, 7) is 0. The maximum atomic E-state index is 13.0. The van der Waals surface area contributed by atoms with E-state index < -0.39 is 28.8 Å². The number of hydrogen-bond donors (Lipinski definition) is 2. The van der Waals surface area contributed by atoms with Gasteiger partial charge in [0.25, 0.3) is 6.42 Å². The van der Waals surface area contributed by atoms with E-state index in [4.69, 9.17) is 0 Å². The molecule has 1 rings (SSSR count). The van der Waals surface area contributed by atoms with E-state index in [0.717, 1.165) is 24.3 Å². The zero-order valence-corrected chi connectivity index (χ0v) is 11.8. The molecule has 3 nitrogen and oxygen atoms in total. The molecule has 0 saturated heterocycles. The Kier molecular flexibility index (Phi) is 4.63. The second-order valence-corrected chi connectivity index (χ2v) is 11.6. The van der Waals surface area contributed by atoms with Crippen LogP contribution in [0.15, 0.2) is 30.3 Å². The minimum atomic E-state index is -8.28. The Bertz CT molecular complexity index is 539. The van der Waals surface area contributed by atoms with E-state index in [2.05, 4.69) is 17.0 Å². The lowest BCUT2D eigenvalue weighted by Gasteiger charge is -2.25. The van der Waals surface area contributed by atoms with Gasteiger partial charge in [0.15, 0.2) is 0 Å². The standard InChI is InChI=1S/C6H6F5NO2P2S2/c7-14-16(12-15(13)17,18(8,9,10)11)6-4-2-1-3-5-6/h1-5H,(H-,12,13,17)/p+1. The van der Waals surface area contributed by atoms with Gasteiger partial charge >= 0.3 is 17.0 Å². The minimum absolute atomic E-state index is 0.790. The number of rotatable bonds is 4. The van der Waals surface area contributed by atoms with Crippen LogP contribution in [0.25, 0.3) is 0 Å². The molecule has 0 aliphatic rings. The summed E-state index contributed by atoms with van der Waals surface area (Å²) in [6, 6.07) is 5.32. The second kappa shape index (κ2) is 5.19. The highest BCUT2D eigenvalue weighted by atomic mass is 32.7. The van der Waals surface area contributed by atoms with E-state index in [1.165, 1.54) is 10.9 Å². The molecular weight excluding hydrogens is 339 g/mol. The van der Waals surface area contributed by atoms with Crippen LogP contribution in [0, 0.1) is 0 Å². The van der Waals surface area contributed by atoms with Gasteiger partial charge in [-0.2, -0.15) is 0 Å². The molecular formula is C6H7F5NO2P2S2+. The largest absolute Gasteiger partial charge is 0.510 e. The maximum Gasteiger partial charge on any atom is 0.510 e. The van der Waals surface area contributed by atoms with Crippen LogP contribution >= 0.6 is 25.8 Å². The smallest absolute Gasteiger partial charge is 0.137 e. The molecule has 0 bridgehead atoms. The third-order valence-electron chi connectivity index (χ3n) is 1.80. The highest BCUT2D eigenvalue weighted by Gasteiger charge is 2.53. The van der Waals surface area contributed by atoms with E-state index >= 15 is 0 Å². The third kappa shape index (κ3) is 3.12. The summed E-state index contributed by atoms with van der Waals surface area (Å²) in [5.74, 6) is 0. The van der Waals surface area contributed by atoms with E-state index in [0.29, 0.717) is 0 Å². The van der Waals surface area contributed by atoms with E-state index in [-0.39, 0.29) is 0 Å². The number of thiol groups is 1. The molecule has 0 amide bonds. The van der Waals surface area contributed by atoms with Crippen molar-refractivity contribution in [3.05, 3.63) is 30.3 Å². The van der Waals surface area contributed by atoms with Gasteiger partial charge in [0, 0.05) is 5.30 Å². The Labute approximate surface area is 106 Å². The van der Waals surface area contributed by atoms with Gasteiger partial charge < -0.3 is 0 Å². The first-order chi connectivity index (χ1) is 8.09. The fourth-order valence-corrected chi connectivity index (χ4v) is 9.18. The monoisotopic (exact) mass is 346 g/mol. The number of benzene rings is 1. The van der Waals surface area contributed by atoms with Crippen LogP contribution in [0.2, 0.25) is 0 Å². The second-order valence-electron chi connectivity index (χ2n) is 2.95. The predicted octanol–water partition coefficient (Wildman–Crippen LogP) is 4.38. The summed E-state index contributed by atoms with van der Waals surface area (Å²) < 4.78 is 78.3. The fourth-order valence-electron chi connectivity index (χ4n) is 1.11. The average molecular weight is 346 g/mol. The Morgan fingerprint density at radius 1 is 1.22 bits per heavy atom. The van der Waals surface area contributed by atoms with E-state index in [1.807, 2.05) is 0 Å². The van der Waals surface area contributed by atoms with Gasteiger partial charge in [-0.15, -0.1) is 20.3 Å². The van der Waals surface area contributed by atoms with Gasteiger partial charge in [0.05, 0.1) is 0 Å². The predicted molar refractivity (Wildman–Crippen MR) is 66.7 cm³/mol. The van der Waals surface area contributed by atoms with Crippen LogP contribution in [0.4, 0.5) is 20.1 Å². The lowest BCUT2D eigenvalue weighted by atomic mass is 10.4. The Morgan fingerprint density at radius 3 is 2.06 bits per heavy atom. The SMILES string of the molecule is O=[P+](S)NP(OF)(c1ccccc1)=S(F)(F)(F)F. The van der Waals surface area contributed by atoms with Gasteiger partial charge in [-0.05, 0) is 13.9 Å². The van der Waals surface area contributed by atoms with Crippen molar-refractivity contribution in [2.75, 3.05) is 0 Å². The van der Waals surface area contributed by atoms with Crippen molar-refractivity contribution in [1.82, 2.24) is 4.86 Å². The molecule has 1 aromatic carbocycles. The zero-order chi connectivity index (χ0) is 14.1. The Hall–Kier alpha value is 0.0200. The summed E-state index contributed by atoms with van der Waals surface area (Å²) in [6.07, 6.45) is -5.52. The molecule has 0 fully saturated rings. The van der Waals surface area contributed by atoms with Crippen molar-refractivity contribution in [3.63, 3.8) is 0 Å². The molecule has 2 atom stereocenters. The summed E-state index contributed by atoms with van der Waals surface area (Å²) in [5.41, 5.74) is 0. The van der Waals surface area contributed by atoms with Crippen molar-refractivity contribution in [2.45, 2.75) is 0 Å². The van der Waals surface area contributed by atoms with Crippen LogP contribution in [-0.4, -0.2) is 0 Å². The van der Waals surface area contributed by atoms with Crippen molar-refractivity contribution in [1.29, 1.82) is 0 Å². The summed E-state index contributed by atoms with van der Waals surface area (Å²) >= 11 is 3.19. The molecule has 12 heteroatoms. The number of hydrogen-bond acceptors (Lipinski definition) is 2. The van der Waals surface area contributed by atoms with Gasteiger partial charge in [-0.25, -0.2) is 0 Å². The van der Waals surface area contributed by atoms with Crippen molar-refractivity contribution in [2.24, 2.45) is 0 Å². The van der Waals surface area contributed by atoms with Crippen molar-refractivity contribution < 1.29 is 29.4 Å². The van der Waals surface area contributed by atoms with Gasteiger partial charge in [0.1, 0.15) is 12.2 Å². The van der Waals surface area contributed by atoms with Crippen LogP contribution < -0.4 is 10.2 Å². The molecule has 2 unspecified atom stereocenters. The van der Waals surface area contributed by atoms with Crippen LogP contribution in [-0.2, 0) is 19.2 Å². The summed E-state index contributed by atoms with van der Waals surface area (Å²) in [7, 11) is -11.2. The van der Waals surface area contributed by atoms with Gasteiger partial charge in [-0.3, -0.25) is 0 Å². The van der Waals surface area contributed by atoms with Crippen molar-refractivity contribution >= 4 is 41.0 Å². The fraction of sp³-hybridized carbons (Fsp3) is 0. The Balaban J connectivity index is 3.77. The molecule has 0 saturated carbocycles.